The Labute approximate surface area is 129 Å². The smallest absolute Gasteiger partial charge is 0.203 e. The van der Waals surface area contributed by atoms with E-state index in [9.17, 15) is 0 Å². The first-order chi connectivity index (χ1) is 10.6. The van der Waals surface area contributed by atoms with Crippen LogP contribution in [-0.2, 0) is 0 Å². The number of hydrogen-bond acceptors (Lipinski definition) is 5. The number of pyridine rings is 1. The van der Waals surface area contributed by atoms with E-state index in [2.05, 4.69) is 15.1 Å². The number of likely N-dealkylation sites (N-methyl/N-ethyl adjacent to an activating group) is 1. The molecule has 0 radical (unpaired) electrons. The Bertz CT molecular complexity index is 764. The average molecular weight is 297 g/mol. The predicted molar refractivity (Wildman–Crippen MR) is 86.9 cm³/mol. The Balaban J connectivity index is 1.93. The van der Waals surface area contributed by atoms with Gasteiger partial charge in [-0.2, -0.15) is 0 Å². The second kappa shape index (κ2) is 6.03. The minimum atomic E-state index is 0.608. The molecule has 0 atom stereocenters. The maximum atomic E-state index is 5.81. The molecule has 0 fully saturated rings. The molecule has 2 N–H and O–H groups in total. The van der Waals surface area contributed by atoms with Crippen LogP contribution in [0, 0.1) is 0 Å². The highest BCUT2D eigenvalue weighted by Crippen LogP contribution is 2.24. The normalized spacial score (nSPS) is 11.2. The van der Waals surface area contributed by atoms with Crippen molar-refractivity contribution in [2.75, 3.05) is 33.0 Å². The second-order valence-corrected chi connectivity index (χ2v) is 5.36. The SMILES string of the molecule is CN(C)CCOc1cccn2c(-c3ccc(N)cc3)nnc12. The van der Waals surface area contributed by atoms with E-state index in [4.69, 9.17) is 10.5 Å². The summed E-state index contributed by atoms with van der Waals surface area (Å²) in [6.45, 7) is 1.46. The number of nitrogen functional groups attached to an aromatic ring is 1. The molecule has 0 saturated carbocycles. The molecule has 2 heterocycles. The zero-order valence-electron chi connectivity index (χ0n) is 12.7. The molecule has 0 aliphatic heterocycles. The number of nitrogens with two attached hydrogens (primary N) is 1. The third-order valence-corrected chi connectivity index (χ3v) is 3.36. The van der Waals surface area contributed by atoms with E-state index in [0.29, 0.717) is 12.3 Å². The Morgan fingerprint density at radius 2 is 1.91 bits per heavy atom. The summed E-state index contributed by atoms with van der Waals surface area (Å²) in [5, 5.41) is 8.54. The van der Waals surface area contributed by atoms with Gasteiger partial charge in [-0.1, -0.05) is 0 Å². The number of rotatable bonds is 5. The Kier molecular flexibility index (Phi) is 3.93. The molecule has 0 bridgehead atoms. The molecule has 0 aliphatic carbocycles. The van der Waals surface area contributed by atoms with Crippen molar-refractivity contribution in [1.29, 1.82) is 0 Å². The van der Waals surface area contributed by atoms with Gasteiger partial charge in [0.25, 0.3) is 0 Å². The third kappa shape index (κ3) is 2.87. The monoisotopic (exact) mass is 297 g/mol. The fraction of sp³-hybridized carbons (Fsp3) is 0.250. The fourth-order valence-electron chi connectivity index (χ4n) is 2.17. The van der Waals surface area contributed by atoms with Gasteiger partial charge in [0.2, 0.25) is 5.65 Å². The Hall–Kier alpha value is -2.60. The molecule has 0 aliphatic rings. The Morgan fingerprint density at radius 1 is 1.14 bits per heavy atom. The minimum absolute atomic E-state index is 0.608. The fourth-order valence-corrected chi connectivity index (χ4v) is 2.17. The lowest BCUT2D eigenvalue weighted by molar-refractivity contribution is 0.262. The highest BCUT2D eigenvalue weighted by Gasteiger charge is 2.11. The summed E-state index contributed by atoms with van der Waals surface area (Å²) in [6, 6.07) is 11.4. The summed E-state index contributed by atoms with van der Waals surface area (Å²) >= 11 is 0. The van der Waals surface area contributed by atoms with Crippen molar-refractivity contribution < 1.29 is 4.74 Å². The third-order valence-electron chi connectivity index (χ3n) is 3.36. The van der Waals surface area contributed by atoms with E-state index in [1.54, 1.807) is 0 Å². The largest absolute Gasteiger partial charge is 0.488 e. The van der Waals surface area contributed by atoms with Gasteiger partial charge in [-0.15, -0.1) is 10.2 Å². The molecule has 0 unspecified atom stereocenters. The summed E-state index contributed by atoms with van der Waals surface area (Å²) < 4.78 is 7.74. The van der Waals surface area contributed by atoms with Crippen LogP contribution in [0.5, 0.6) is 5.75 Å². The number of benzene rings is 1. The summed E-state index contributed by atoms with van der Waals surface area (Å²) in [6.07, 6.45) is 1.93. The molecule has 3 rings (SSSR count). The molecule has 0 saturated heterocycles. The maximum Gasteiger partial charge on any atom is 0.203 e. The van der Waals surface area contributed by atoms with Crippen LogP contribution in [0.2, 0.25) is 0 Å². The molecular weight excluding hydrogens is 278 g/mol. The average Bonchev–Trinajstić information content (AvgIpc) is 2.92. The molecule has 2 aromatic heterocycles. The van der Waals surface area contributed by atoms with Crippen LogP contribution < -0.4 is 10.5 Å². The zero-order chi connectivity index (χ0) is 15.5. The summed E-state index contributed by atoms with van der Waals surface area (Å²) in [5.74, 6) is 1.51. The topological polar surface area (TPSA) is 68.7 Å². The molecule has 0 amide bonds. The maximum absolute atomic E-state index is 5.81. The van der Waals surface area contributed by atoms with Gasteiger partial charge in [-0.25, -0.2) is 0 Å². The van der Waals surface area contributed by atoms with Crippen LogP contribution in [0.25, 0.3) is 17.0 Å². The van der Waals surface area contributed by atoms with Crippen molar-refractivity contribution >= 4 is 11.3 Å². The number of ether oxygens (including phenoxy) is 1. The Morgan fingerprint density at radius 3 is 2.64 bits per heavy atom. The predicted octanol–water partition coefficient (Wildman–Crippen LogP) is 1.92. The van der Waals surface area contributed by atoms with E-state index < -0.39 is 0 Å². The second-order valence-electron chi connectivity index (χ2n) is 5.36. The first-order valence-electron chi connectivity index (χ1n) is 7.12. The lowest BCUT2D eigenvalue weighted by atomic mass is 10.2. The van der Waals surface area contributed by atoms with Gasteiger partial charge in [0.15, 0.2) is 11.6 Å². The summed E-state index contributed by atoms with van der Waals surface area (Å²) in [7, 11) is 4.03. The number of fused-ring (bicyclic) bond motifs is 1. The lowest BCUT2D eigenvalue weighted by Crippen LogP contribution is -2.19. The molecule has 114 valence electrons. The van der Waals surface area contributed by atoms with E-state index in [-0.39, 0.29) is 0 Å². The van der Waals surface area contributed by atoms with Crippen LogP contribution >= 0.6 is 0 Å². The van der Waals surface area contributed by atoms with Crippen LogP contribution in [0.3, 0.4) is 0 Å². The van der Waals surface area contributed by atoms with E-state index in [1.165, 1.54) is 0 Å². The van der Waals surface area contributed by atoms with Gasteiger partial charge in [0, 0.05) is 24.0 Å². The lowest BCUT2D eigenvalue weighted by Gasteiger charge is -2.11. The van der Waals surface area contributed by atoms with Gasteiger partial charge in [-0.3, -0.25) is 4.40 Å². The molecule has 1 aromatic carbocycles. The van der Waals surface area contributed by atoms with Gasteiger partial charge >= 0.3 is 0 Å². The number of anilines is 1. The molecule has 6 heteroatoms. The van der Waals surface area contributed by atoms with E-state index >= 15 is 0 Å². The van der Waals surface area contributed by atoms with Crippen molar-refractivity contribution in [2.24, 2.45) is 0 Å². The van der Waals surface area contributed by atoms with Gasteiger partial charge in [-0.05, 0) is 50.5 Å². The van der Waals surface area contributed by atoms with Crippen molar-refractivity contribution in [1.82, 2.24) is 19.5 Å². The molecule has 3 aromatic rings. The van der Waals surface area contributed by atoms with E-state index in [1.807, 2.05) is 61.1 Å². The van der Waals surface area contributed by atoms with Gasteiger partial charge in [0.1, 0.15) is 6.61 Å². The van der Waals surface area contributed by atoms with Gasteiger partial charge in [0.05, 0.1) is 0 Å². The quantitative estimate of drug-likeness (QED) is 0.729. The molecule has 22 heavy (non-hydrogen) atoms. The number of hydrogen-bond donors (Lipinski definition) is 1. The molecule has 0 spiro atoms. The standard InChI is InChI=1S/C16H19N5O/c1-20(2)10-11-22-14-4-3-9-21-15(18-19-16(14)21)12-5-7-13(17)8-6-12/h3-9H,10-11,17H2,1-2H3. The summed E-state index contributed by atoms with van der Waals surface area (Å²) in [4.78, 5) is 2.07. The first kappa shape index (κ1) is 14.3. The minimum Gasteiger partial charge on any atom is -0.488 e. The van der Waals surface area contributed by atoms with E-state index in [0.717, 1.165) is 29.4 Å². The van der Waals surface area contributed by atoms with Crippen LogP contribution in [0.1, 0.15) is 0 Å². The van der Waals surface area contributed by atoms with Crippen molar-refractivity contribution in [2.45, 2.75) is 0 Å². The highest BCUT2D eigenvalue weighted by molar-refractivity contribution is 5.64. The van der Waals surface area contributed by atoms with Crippen molar-refractivity contribution in [3.05, 3.63) is 42.6 Å². The number of aromatic nitrogens is 3. The van der Waals surface area contributed by atoms with Crippen LogP contribution in [-0.4, -0.2) is 46.7 Å². The number of nitrogens with zero attached hydrogens (tertiary/aromatic N) is 4. The van der Waals surface area contributed by atoms with Crippen LogP contribution in [0.4, 0.5) is 5.69 Å². The summed E-state index contributed by atoms with van der Waals surface area (Å²) in [5.41, 5.74) is 8.14. The highest BCUT2D eigenvalue weighted by atomic mass is 16.5. The van der Waals surface area contributed by atoms with Gasteiger partial charge < -0.3 is 15.4 Å². The van der Waals surface area contributed by atoms with Crippen molar-refractivity contribution in [3.8, 4) is 17.1 Å². The van der Waals surface area contributed by atoms with Crippen molar-refractivity contribution in [3.63, 3.8) is 0 Å². The zero-order valence-corrected chi connectivity index (χ0v) is 12.7. The van der Waals surface area contributed by atoms with Crippen LogP contribution in [0.15, 0.2) is 42.6 Å². The molecule has 6 nitrogen and oxygen atoms in total. The first-order valence-corrected chi connectivity index (χ1v) is 7.12. The molecular formula is C16H19N5O.